The molecule has 0 amide bonds. The van der Waals surface area contributed by atoms with Crippen molar-refractivity contribution in [3.8, 4) is 11.6 Å². The Balaban J connectivity index is 2.27. The first-order chi connectivity index (χ1) is 8.58. The molecule has 0 aliphatic heterocycles. The van der Waals surface area contributed by atoms with Crippen molar-refractivity contribution in [2.75, 3.05) is 12.4 Å². The third-order valence-electron chi connectivity index (χ3n) is 2.17. The third kappa shape index (κ3) is 2.71. The van der Waals surface area contributed by atoms with Crippen LogP contribution >= 0.6 is 0 Å². The van der Waals surface area contributed by atoms with Crippen LogP contribution in [0.25, 0.3) is 0 Å². The van der Waals surface area contributed by atoms with Crippen molar-refractivity contribution < 1.29 is 13.5 Å². The molecule has 0 aliphatic carbocycles. The number of nitrogens with zero attached hydrogens (tertiary/aromatic N) is 2. The number of hydrogen-bond acceptors (Lipinski definition) is 4. The highest BCUT2D eigenvalue weighted by Gasteiger charge is 2.06. The van der Waals surface area contributed by atoms with Crippen molar-refractivity contribution in [3.05, 3.63) is 41.6 Å². The Morgan fingerprint density at radius 3 is 2.56 bits per heavy atom. The van der Waals surface area contributed by atoms with Crippen molar-refractivity contribution in [3.63, 3.8) is 0 Å². The molecule has 94 valence electrons. The molecule has 0 aliphatic rings. The zero-order valence-corrected chi connectivity index (χ0v) is 9.87. The Morgan fingerprint density at radius 1 is 1.11 bits per heavy atom. The monoisotopic (exact) mass is 251 g/mol. The molecule has 2 aromatic rings. The van der Waals surface area contributed by atoms with Crippen LogP contribution < -0.4 is 10.1 Å². The van der Waals surface area contributed by atoms with Crippen LogP contribution in [0.1, 0.15) is 5.69 Å². The summed E-state index contributed by atoms with van der Waals surface area (Å²) in [6, 6.07) is 4.89. The van der Waals surface area contributed by atoms with E-state index in [0.29, 0.717) is 11.6 Å². The first-order valence-corrected chi connectivity index (χ1v) is 5.25. The maximum atomic E-state index is 13.0. The molecule has 1 aromatic heterocycles. The molecule has 0 fully saturated rings. The molecule has 0 bridgehead atoms. The maximum Gasteiger partial charge on any atom is 0.225 e. The number of ether oxygens (including phenoxy) is 1. The van der Waals surface area contributed by atoms with Crippen LogP contribution in [0.2, 0.25) is 0 Å². The van der Waals surface area contributed by atoms with Gasteiger partial charge in [-0.15, -0.1) is 0 Å². The van der Waals surface area contributed by atoms with E-state index in [-0.39, 0.29) is 11.6 Å². The molecule has 0 atom stereocenters. The average molecular weight is 251 g/mol. The van der Waals surface area contributed by atoms with Crippen LogP contribution in [0.4, 0.5) is 14.7 Å². The van der Waals surface area contributed by atoms with E-state index < -0.39 is 11.6 Å². The molecule has 1 aromatic carbocycles. The topological polar surface area (TPSA) is 47.0 Å². The lowest BCUT2D eigenvalue weighted by Crippen LogP contribution is -1.99. The number of rotatable bonds is 3. The van der Waals surface area contributed by atoms with E-state index in [4.69, 9.17) is 4.74 Å². The lowest BCUT2D eigenvalue weighted by molar-refractivity contribution is 0.447. The van der Waals surface area contributed by atoms with Gasteiger partial charge < -0.3 is 10.1 Å². The van der Waals surface area contributed by atoms with Gasteiger partial charge in [0.1, 0.15) is 5.75 Å². The zero-order chi connectivity index (χ0) is 13.1. The fourth-order valence-electron chi connectivity index (χ4n) is 1.36. The second-order valence-electron chi connectivity index (χ2n) is 3.60. The molecule has 0 radical (unpaired) electrons. The van der Waals surface area contributed by atoms with Gasteiger partial charge in [0.05, 0.1) is 0 Å². The van der Waals surface area contributed by atoms with Gasteiger partial charge in [-0.3, -0.25) is 0 Å². The van der Waals surface area contributed by atoms with E-state index in [9.17, 15) is 8.78 Å². The van der Waals surface area contributed by atoms with E-state index in [0.717, 1.165) is 12.1 Å². The van der Waals surface area contributed by atoms with Crippen LogP contribution in [0, 0.1) is 18.6 Å². The summed E-state index contributed by atoms with van der Waals surface area (Å²) in [5.41, 5.74) is 0.701. The maximum absolute atomic E-state index is 13.0. The van der Waals surface area contributed by atoms with Gasteiger partial charge in [-0.05, 0) is 19.1 Å². The second-order valence-corrected chi connectivity index (χ2v) is 3.60. The standard InChI is InChI=1S/C12H11F2N3O/c1-7-5-11(17-12(15-2)16-7)18-8-3-4-9(13)10(14)6-8/h3-6H,1-2H3,(H,15,16,17). The number of aryl methyl sites for hydroxylation is 1. The number of aromatic nitrogens is 2. The summed E-state index contributed by atoms with van der Waals surface area (Å²) < 4.78 is 31.1. The first kappa shape index (κ1) is 12.2. The Bertz CT molecular complexity index is 575. The Labute approximate surface area is 103 Å². The highest BCUT2D eigenvalue weighted by molar-refractivity contribution is 5.33. The quantitative estimate of drug-likeness (QED) is 0.911. The van der Waals surface area contributed by atoms with Gasteiger partial charge in [0, 0.05) is 24.9 Å². The van der Waals surface area contributed by atoms with E-state index in [1.807, 2.05) is 0 Å². The fourth-order valence-corrected chi connectivity index (χ4v) is 1.36. The van der Waals surface area contributed by atoms with Gasteiger partial charge in [-0.25, -0.2) is 13.8 Å². The van der Waals surface area contributed by atoms with Gasteiger partial charge in [0.15, 0.2) is 11.6 Å². The number of benzene rings is 1. The summed E-state index contributed by atoms with van der Waals surface area (Å²) in [6.07, 6.45) is 0. The van der Waals surface area contributed by atoms with E-state index >= 15 is 0 Å². The van der Waals surface area contributed by atoms with Crippen LogP contribution in [-0.4, -0.2) is 17.0 Å². The molecule has 0 saturated heterocycles. The summed E-state index contributed by atoms with van der Waals surface area (Å²) in [5, 5.41) is 2.78. The summed E-state index contributed by atoms with van der Waals surface area (Å²) in [7, 11) is 1.68. The van der Waals surface area contributed by atoms with Crippen molar-refractivity contribution in [1.29, 1.82) is 0 Å². The summed E-state index contributed by atoms with van der Waals surface area (Å²) in [5.74, 6) is -1.05. The molecule has 0 saturated carbocycles. The van der Waals surface area contributed by atoms with Crippen molar-refractivity contribution in [1.82, 2.24) is 9.97 Å². The van der Waals surface area contributed by atoms with Gasteiger partial charge in [0.25, 0.3) is 0 Å². The largest absolute Gasteiger partial charge is 0.439 e. The summed E-state index contributed by atoms with van der Waals surface area (Å²) >= 11 is 0. The molecule has 4 nitrogen and oxygen atoms in total. The van der Waals surface area contributed by atoms with Crippen LogP contribution in [-0.2, 0) is 0 Å². The molecule has 2 rings (SSSR count). The molecule has 6 heteroatoms. The molecule has 1 N–H and O–H groups in total. The van der Waals surface area contributed by atoms with Crippen LogP contribution in [0.5, 0.6) is 11.6 Å². The Kier molecular flexibility index (Phi) is 3.36. The molecular formula is C12H11F2N3O. The highest BCUT2D eigenvalue weighted by Crippen LogP contribution is 2.22. The van der Waals surface area contributed by atoms with Gasteiger partial charge in [-0.2, -0.15) is 4.98 Å². The SMILES string of the molecule is CNc1nc(C)cc(Oc2ccc(F)c(F)c2)n1. The zero-order valence-electron chi connectivity index (χ0n) is 9.87. The molecule has 1 heterocycles. The lowest BCUT2D eigenvalue weighted by Gasteiger charge is -2.07. The lowest BCUT2D eigenvalue weighted by atomic mass is 10.3. The normalized spacial score (nSPS) is 10.2. The second kappa shape index (κ2) is 4.95. The number of halogens is 2. The summed E-state index contributed by atoms with van der Waals surface area (Å²) in [6.45, 7) is 1.78. The molecule has 18 heavy (non-hydrogen) atoms. The highest BCUT2D eigenvalue weighted by atomic mass is 19.2. The van der Waals surface area contributed by atoms with Gasteiger partial charge in [0.2, 0.25) is 11.8 Å². The van der Waals surface area contributed by atoms with E-state index in [1.54, 1.807) is 20.0 Å². The van der Waals surface area contributed by atoms with Crippen LogP contribution in [0.15, 0.2) is 24.3 Å². The van der Waals surface area contributed by atoms with Gasteiger partial charge >= 0.3 is 0 Å². The van der Waals surface area contributed by atoms with E-state index in [2.05, 4.69) is 15.3 Å². The Hall–Kier alpha value is -2.24. The minimum atomic E-state index is -0.966. The predicted molar refractivity (Wildman–Crippen MR) is 62.7 cm³/mol. The number of hydrogen-bond donors (Lipinski definition) is 1. The smallest absolute Gasteiger partial charge is 0.225 e. The molecule has 0 spiro atoms. The minimum Gasteiger partial charge on any atom is -0.439 e. The third-order valence-corrected chi connectivity index (χ3v) is 2.17. The minimum absolute atomic E-state index is 0.175. The molecular weight excluding hydrogens is 240 g/mol. The molecule has 0 unspecified atom stereocenters. The van der Waals surface area contributed by atoms with E-state index in [1.165, 1.54) is 6.07 Å². The van der Waals surface area contributed by atoms with Crippen molar-refractivity contribution in [2.45, 2.75) is 6.92 Å². The van der Waals surface area contributed by atoms with Gasteiger partial charge in [-0.1, -0.05) is 0 Å². The van der Waals surface area contributed by atoms with Crippen molar-refractivity contribution >= 4 is 5.95 Å². The number of anilines is 1. The fraction of sp³-hybridized carbons (Fsp3) is 0.167. The predicted octanol–water partition coefficient (Wildman–Crippen LogP) is 2.90. The van der Waals surface area contributed by atoms with Crippen molar-refractivity contribution in [2.24, 2.45) is 0 Å². The average Bonchev–Trinajstić information content (AvgIpc) is 2.33. The summed E-state index contributed by atoms with van der Waals surface area (Å²) in [4.78, 5) is 8.13. The Morgan fingerprint density at radius 2 is 1.89 bits per heavy atom. The van der Waals surface area contributed by atoms with Crippen LogP contribution in [0.3, 0.4) is 0 Å². The number of nitrogens with one attached hydrogen (secondary N) is 1. The first-order valence-electron chi connectivity index (χ1n) is 5.25.